The zero-order chi connectivity index (χ0) is 25.1. The van der Waals surface area contributed by atoms with Gasteiger partial charge in [-0.05, 0) is 35.9 Å². The molecule has 2 aromatic carbocycles. The summed E-state index contributed by atoms with van der Waals surface area (Å²) in [6.07, 6.45) is 3.27. The first-order valence-corrected chi connectivity index (χ1v) is 11.1. The van der Waals surface area contributed by atoms with Crippen LogP contribution in [0.25, 0.3) is 10.8 Å². The molecule has 9 nitrogen and oxygen atoms in total. The standard InChI is InChI=1S/C27H22N4O5/c1-35-21-10-9-20-15-31(24(32)22(20)14-21)17-27(25(33)29-26(34)30-27)12-11-19-8-5-13-28-23(19)36-16-18-6-3-2-4-7-18/h2-10,13-15,32H,16-17H2,1H3,(H2,29,30,33,34)/t27-/m1/s1. The van der Waals surface area contributed by atoms with Crippen molar-refractivity contribution in [1.29, 1.82) is 0 Å². The number of nitrogens with one attached hydrogen (secondary N) is 2. The highest BCUT2D eigenvalue weighted by atomic mass is 16.5. The molecule has 0 unspecified atom stereocenters. The van der Waals surface area contributed by atoms with Crippen LogP contribution in [0.4, 0.5) is 4.79 Å². The summed E-state index contributed by atoms with van der Waals surface area (Å²) < 4.78 is 12.6. The van der Waals surface area contributed by atoms with Gasteiger partial charge in [0.15, 0.2) is 5.88 Å². The number of pyridine rings is 1. The van der Waals surface area contributed by atoms with E-state index in [1.165, 1.54) is 11.7 Å². The molecule has 180 valence electrons. The predicted octanol–water partition coefficient (Wildman–Crippen LogP) is 2.96. The highest BCUT2D eigenvalue weighted by molar-refractivity contribution is 6.09. The van der Waals surface area contributed by atoms with Gasteiger partial charge in [0.1, 0.15) is 12.4 Å². The number of aromatic nitrogens is 2. The summed E-state index contributed by atoms with van der Waals surface area (Å²) >= 11 is 0. The first-order chi connectivity index (χ1) is 17.5. The summed E-state index contributed by atoms with van der Waals surface area (Å²) in [6.45, 7) is 0.170. The van der Waals surface area contributed by atoms with Crippen LogP contribution >= 0.6 is 0 Å². The Morgan fingerprint density at radius 1 is 1.11 bits per heavy atom. The number of urea groups is 1. The van der Waals surface area contributed by atoms with Crippen molar-refractivity contribution in [2.45, 2.75) is 18.7 Å². The van der Waals surface area contributed by atoms with Gasteiger partial charge in [0.2, 0.25) is 11.4 Å². The molecule has 3 heterocycles. The molecule has 1 saturated heterocycles. The van der Waals surface area contributed by atoms with Crippen molar-refractivity contribution < 1.29 is 24.2 Å². The SMILES string of the molecule is COc1ccc2cn(C[C@@]3(C#Cc4cccnc4OCc4ccccc4)NC(=O)NC3=O)c(O)c2c1. The van der Waals surface area contributed by atoms with E-state index in [2.05, 4.69) is 27.5 Å². The summed E-state index contributed by atoms with van der Waals surface area (Å²) in [5.74, 6) is 6.03. The van der Waals surface area contributed by atoms with Crippen LogP contribution in [-0.4, -0.2) is 39.2 Å². The lowest BCUT2D eigenvalue weighted by Gasteiger charge is -2.21. The topological polar surface area (TPSA) is 115 Å². The molecule has 0 radical (unpaired) electrons. The Hall–Kier alpha value is -4.97. The molecule has 1 fully saturated rings. The van der Waals surface area contributed by atoms with E-state index >= 15 is 0 Å². The van der Waals surface area contributed by atoms with Gasteiger partial charge in [0.05, 0.1) is 19.2 Å². The van der Waals surface area contributed by atoms with Gasteiger partial charge in [-0.15, -0.1) is 0 Å². The monoisotopic (exact) mass is 482 g/mol. The number of amides is 3. The Kier molecular flexibility index (Phi) is 5.92. The van der Waals surface area contributed by atoms with E-state index in [1.54, 1.807) is 42.7 Å². The third-order valence-corrected chi connectivity index (χ3v) is 5.82. The van der Waals surface area contributed by atoms with E-state index in [0.29, 0.717) is 29.2 Å². The van der Waals surface area contributed by atoms with Crippen molar-refractivity contribution in [2.24, 2.45) is 0 Å². The number of imide groups is 1. The van der Waals surface area contributed by atoms with Gasteiger partial charge >= 0.3 is 6.03 Å². The van der Waals surface area contributed by atoms with E-state index < -0.39 is 17.5 Å². The van der Waals surface area contributed by atoms with Crippen molar-refractivity contribution in [3.63, 3.8) is 0 Å². The Labute approximate surface area is 206 Å². The molecule has 1 aliphatic rings. The van der Waals surface area contributed by atoms with Crippen LogP contribution in [0.2, 0.25) is 0 Å². The van der Waals surface area contributed by atoms with Crippen molar-refractivity contribution in [3.05, 3.63) is 84.2 Å². The Balaban J connectivity index is 1.48. The first-order valence-electron chi connectivity index (χ1n) is 11.1. The van der Waals surface area contributed by atoms with Crippen LogP contribution in [0.15, 0.2) is 73.1 Å². The van der Waals surface area contributed by atoms with E-state index in [-0.39, 0.29) is 12.4 Å². The second-order valence-corrected chi connectivity index (χ2v) is 8.23. The first kappa shape index (κ1) is 22.8. The number of rotatable bonds is 6. The van der Waals surface area contributed by atoms with Crippen molar-refractivity contribution in [1.82, 2.24) is 20.2 Å². The molecular formula is C27H22N4O5. The molecule has 2 aromatic heterocycles. The lowest BCUT2D eigenvalue weighted by Crippen LogP contribution is -2.49. The molecule has 0 bridgehead atoms. The normalized spacial score (nSPS) is 16.7. The number of nitrogens with zero attached hydrogens (tertiary/aromatic N) is 2. The maximum atomic E-state index is 12.9. The summed E-state index contributed by atoms with van der Waals surface area (Å²) in [7, 11) is 1.54. The van der Waals surface area contributed by atoms with E-state index in [0.717, 1.165) is 10.9 Å². The van der Waals surface area contributed by atoms with Gasteiger partial charge in [-0.3, -0.25) is 10.1 Å². The number of hydrogen-bond acceptors (Lipinski definition) is 6. The lowest BCUT2D eigenvalue weighted by molar-refractivity contribution is -0.122. The number of ether oxygens (including phenoxy) is 2. The Bertz CT molecular complexity index is 1520. The molecule has 0 spiro atoms. The fourth-order valence-corrected chi connectivity index (χ4v) is 3.96. The zero-order valence-electron chi connectivity index (χ0n) is 19.3. The summed E-state index contributed by atoms with van der Waals surface area (Å²) in [4.78, 5) is 29.3. The average Bonchev–Trinajstić information content (AvgIpc) is 3.36. The molecule has 1 aliphatic heterocycles. The van der Waals surface area contributed by atoms with Gasteiger partial charge in [-0.1, -0.05) is 42.2 Å². The molecule has 9 heteroatoms. The zero-order valence-corrected chi connectivity index (χ0v) is 19.3. The average molecular weight is 482 g/mol. The lowest BCUT2D eigenvalue weighted by atomic mass is 10.00. The van der Waals surface area contributed by atoms with Gasteiger partial charge in [-0.2, -0.15) is 0 Å². The second-order valence-electron chi connectivity index (χ2n) is 8.23. The largest absolute Gasteiger partial charge is 0.497 e. The minimum atomic E-state index is -1.62. The number of fused-ring (bicyclic) bond motifs is 1. The molecule has 4 aromatic rings. The molecule has 1 atom stereocenters. The third-order valence-electron chi connectivity index (χ3n) is 5.82. The number of carbonyl (C=O) groups excluding carboxylic acids is 2. The van der Waals surface area contributed by atoms with Crippen LogP contribution in [0.3, 0.4) is 0 Å². The highest BCUT2D eigenvalue weighted by Gasteiger charge is 2.46. The van der Waals surface area contributed by atoms with E-state index in [1.807, 2.05) is 30.3 Å². The predicted molar refractivity (Wildman–Crippen MR) is 131 cm³/mol. The number of aromatic hydroxyl groups is 1. The molecule has 3 N–H and O–H groups in total. The van der Waals surface area contributed by atoms with Crippen LogP contribution < -0.4 is 20.1 Å². The Morgan fingerprint density at radius 3 is 2.69 bits per heavy atom. The Morgan fingerprint density at radius 2 is 1.94 bits per heavy atom. The van der Waals surface area contributed by atoms with Crippen molar-refractivity contribution in [3.8, 4) is 29.4 Å². The molecular weight excluding hydrogens is 460 g/mol. The molecule has 3 amide bonds. The highest BCUT2D eigenvalue weighted by Crippen LogP contribution is 2.32. The number of methoxy groups -OCH3 is 1. The van der Waals surface area contributed by atoms with E-state index in [9.17, 15) is 14.7 Å². The molecule has 5 rings (SSSR count). The number of benzene rings is 2. The van der Waals surface area contributed by atoms with Gasteiger partial charge in [0.25, 0.3) is 5.91 Å². The van der Waals surface area contributed by atoms with Crippen LogP contribution in [-0.2, 0) is 17.9 Å². The number of carbonyl (C=O) groups is 2. The molecule has 0 aliphatic carbocycles. The fourth-order valence-electron chi connectivity index (χ4n) is 3.96. The summed E-state index contributed by atoms with van der Waals surface area (Å²) in [6, 6.07) is 17.6. The van der Waals surface area contributed by atoms with E-state index in [4.69, 9.17) is 9.47 Å². The molecule has 0 saturated carbocycles. The third kappa shape index (κ3) is 4.40. The summed E-state index contributed by atoms with van der Waals surface area (Å²) in [5, 5.41) is 17.0. The van der Waals surface area contributed by atoms with Crippen LogP contribution in [0.5, 0.6) is 17.5 Å². The van der Waals surface area contributed by atoms with Gasteiger partial charge in [0, 0.05) is 23.2 Å². The quantitative estimate of drug-likeness (QED) is 0.288. The smallest absolute Gasteiger partial charge is 0.323 e. The maximum Gasteiger partial charge on any atom is 0.323 e. The van der Waals surface area contributed by atoms with Crippen molar-refractivity contribution in [2.75, 3.05) is 7.11 Å². The van der Waals surface area contributed by atoms with Crippen LogP contribution in [0.1, 0.15) is 11.1 Å². The minimum Gasteiger partial charge on any atom is -0.497 e. The maximum absolute atomic E-state index is 12.9. The minimum absolute atomic E-state index is 0.0766. The summed E-state index contributed by atoms with van der Waals surface area (Å²) in [5.41, 5.74) is -0.207. The van der Waals surface area contributed by atoms with Crippen molar-refractivity contribution >= 4 is 22.7 Å². The number of hydrogen-bond donors (Lipinski definition) is 3. The fraction of sp³-hybridized carbons (Fsp3) is 0.148. The molecule has 36 heavy (non-hydrogen) atoms. The van der Waals surface area contributed by atoms with Crippen LogP contribution in [0, 0.1) is 11.8 Å². The van der Waals surface area contributed by atoms with Gasteiger partial charge < -0.3 is 24.5 Å². The second kappa shape index (κ2) is 9.35. The van der Waals surface area contributed by atoms with Gasteiger partial charge in [-0.25, -0.2) is 9.78 Å².